The molecule has 0 radical (unpaired) electrons. The minimum absolute atomic E-state index is 0.00525. The van der Waals surface area contributed by atoms with Gasteiger partial charge in [0.1, 0.15) is 11.6 Å². The summed E-state index contributed by atoms with van der Waals surface area (Å²) in [6.07, 6.45) is 2.41. The van der Waals surface area contributed by atoms with Crippen LogP contribution in [-0.4, -0.2) is 65.7 Å². The molecule has 256 valence electrons. The van der Waals surface area contributed by atoms with Gasteiger partial charge >= 0.3 is 5.97 Å². The molecule has 0 aliphatic carbocycles. The van der Waals surface area contributed by atoms with Gasteiger partial charge in [-0.05, 0) is 66.8 Å². The smallest absolute Gasteiger partial charge is 0.320 e. The molecular weight excluding hydrogens is 590 g/mol. The highest BCUT2D eigenvalue weighted by molar-refractivity contribution is 5.92. The van der Waals surface area contributed by atoms with Gasteiger partial charge in [0, 0.05) is 25.2 Å². The summed E-state index contributed by atoms with van der Waals surface area (Å²) in [5.41, 5.74) is 7.45. The highest BCUT2D eigenvalue weighted by atomic mass is 16.4. The molecule has 0 spiro atoms. The highest BCUT2D eigenvalue weighted by Crippen LogP contribution is 2.17. The van der Waals surface area contributed by atoms with Crippen LogP contribution in [0.3, 0.4) is 0 Å². The third-order valence-corrected chi connectivity index (χ3v) is 8.69. The van der Waals surface area contributed by atoms with Crippen LogP contribution in [0.1, 0.15) is 65.5 Å². The second-order valence-corrected chi connectivity index (χ2v) is 13.8. The van der Waals surface area contributed by atoms with E-state index in [9.17, 15) is 19.5 Å². The minimum Gasteiger partial charge on any atom is -0.480 e. The standard InChI is InChI=1S/C38H55N5O4/c1-7-26(4)34(41-23-31(39)21-28-17-18-29-15-11-12-16-30(29)20-28)35(44)43-38(5,6)37(47)42-32(22-27-13-9-8-10-14-27)24-40-33(36(45)46)19-25(2)3/h8-18,20,25-26,31-34,40-41H,7,19,21-24,39H2,1-6H3,(H,42,47)(H,43,44)(H,45,46)/t26?,31-,32-,33-,34-/m0/s1. The number of carbonyl (C=O) groups excluding carboxylic acids is 2. The number of nitrogens with two attached hydrogens (primary N) is 1. The van der Waals surface area contributed by atoms with Crippen molar-refractivity contribution in [3.8, 4) is 0 Å². The lowest BCUT2D eigenvalue weighted by Gasteiger charge is -2.32. The number of fused-ring (bicyclic) bond motifs is 1. The Labute approximate surface area is 280 Å². The Morgan fingerprint density at radius 1 is 0.830 bits per heavy atom. The Hall–Kier alpha value is -3.79. The van der Waals surface area contributed by atoms with Gasteiger partial charge in [0.15, 0.2) is 0 Å². The van der Waals surface area contributed by atoms with E-state index in [1.54, 1.807) is 13.8 Å². The molecule has 0 aromatic heterocycles. The van der Waals surface area contributed by atoms with Crippen molar-refractivity contribution in [1.29, 1.82) is 0 Å². The molecule has 9 nitrogen and oxygen atoms in total. The van der Waals surface area contributed by atoms with Crippen molar-refractivity contribution in [3.05, 3.63) is 83.9 Å². The number of carbonyl (C=O) groups is 3. The van der Waals surface area contributed by atoms with E-state index in [0.29, 0.717) is 25.8 Å². The monoisotopic (exact) mass is 645 g/mol. The lowest BCUT2D eigenvalue weighted by atomic mass is 9.95. The zero-order valence-corrected chi connectivity index (χ0v) is 28.9. The number of benzene rings is 3. The molecule has 0 bridgehead atoms. The number of hydrogen-bond donors (Lipinski definition) is 6. The lowest BCUT2D eigenvalue weighted by molar-refractivity contribution is -0.140. The van der Waals surface area contributed by atoms with Gasteiger partial charge < -0.3 is 32.1 Å². The lowest BCUT2D eigenvalue weighted by Crippen LogP contribution is -2.62. The molecule has 3 rings (SSSR count). The van der Waals surface area contributed by atoms with E-state index in [1.165, 1.54) is 10.8 Å². The number of nitrogens with one attached hydrogen (secondary N) is 4. The molecule has 5 atom stereocenters. The van der Waals surface area contributed by atoms with E-state index in [0.717, 1.165) is 17.5 Å². The van der Waals surface area contributed by atoms with Gasteiger partial charge in [0.25, 0.3) is 0 Å². The van der Waals surface area contributed by atoms with Crippen molar-refractivity contribution >= 4 is 28.6 Å². The Morgan fingerprint density at radius 2 is 1.49 bits per heavy atom. The molecule has 0 aliphatic rings. The van der Waals surface area contributed by atoms with Crippen molar-refractivity contribution in [1.82, 2.24) is 21.3 Å². The summed E-state index contributed by atoms with van der Waals surface area (Å²) in [5, 5.41) is 24.7. The molecule has 0 saturated heterocycles. The quantitative estimate of drug-likeness (QED) is 0.113. The van der Waals surface area contributed by atoms with Crippen LogP contribution in [-0.2, 0) is 27.2 Å². The van der Waals surface area contributed by atoms with Gasteiger partial charge in [0.2, 0.25) is 11.8 Å². The Morgan fingerprint density at radius 3 is 2.13 bits per heavy atom. The number of rotatable bonds is 19. The van der Waals surface area contributed by atoms with Gasteiger partial charge in [0.05, 0.1) is 6.04 Å². The van der Waals surface area contributed by atoms with E-state index >= 15 is 0 Å². The zero-order valence-electron chi connectivity index (χ0n) is 28.9. The van der Waals surface area contributed by atoms with Gasteiger partial charge in [-0.15, -0.1) is 0 Å². The predicted molar refractivity (Wildman–Crippen MR) is 190 cm³/mol. The second-order valence-electron chi connectivity index (χ2n) is 13.8. The van der Waals surface area contributed by atoms with Crippen molar-refractivity contribution < 1.29 is 19.5 Å². The normalized spacial score (nSPS) is 15.1. The fourth-order valence-electron chi connectivity index (χ4n) is 5.72. The first-order valence-corrected chi connectivity index (χ1v) is 16.9. The molecule has 1 unspecified atom stereocenters. The SMILES string of the molecule is CCC(C)[C@H](NC[C@@H](N)Cc1ccc2ccccc2c1)C(=O)NC(C)(C)C(=O)N[C@H](CN[C@@H](CC(C)C)C(=O)O)Cc1ccccc1. The molecule has 0 heterocycles. The van der Waals surface area contributed by atoms with Crippen LogP contribution in [0.5, 0.6) is 0 Å². The van der Waals surface area contributed by atoms with Crippen LogP contribution < -0.4 is 27.0 Å². The van der Waals surface area contributed by atoms with Gasteiger partial charge in [-0.2, -0.15) is 0 Å². The van der Waals surface area contributed by atoms with Crippen LogP contribution in [0, 0.1) is 11.8 Å². The Balaban J connectivity index is 1.65. The summed E-state index contributed by atoms with van der Waals surface area (Å²) < 4.78 is 0. The predicted octanol–water partition coefficient (Wildman–Crippen LogP) is 4.43. The molecular formula is C38H55N5O4. The van der Waals surface area contributed by atoms with E-state index < -0.39 is 29.6 Å². The van der Waals surface area contributed by atoms with Crippen LogP contribution >= 0.6 is 0 Å². The average molecular weight is 646 g/mol. The molecule has 47 heavy (non-hydrogen) atoms. The molecule has 0 saturated carbocycles. The van der Waals surface area contributed by atoms with Crippen molar-refractivity contribution in [2.24, 2.45) is 17.6 Å². The molecule has 0 aliphatic heterocycles. The number of carboxylic acid groups (broad SMARTS) is 1. The number of amides is 2. The van der Waals surface area contributed by atoms with E-state index in [2.05, 4.69) is 51.6 Å². The van der Waals surface area contributed by atoms with Gasteiger partial charge in [-0.3, -0.25) is 14.4 Å². The maximum atomic E-state index is 13.7. The van der Waals surface area contributed by atoms with Crippen molar-refractivity contribution in [3.63, 3.8) is 0 Å². The molecule has 0 fully saturated rings. The number of hydrogen-bond acceptors (Lipinski definition) is 6. The van der Waals surface area contributed by atoms with Crippen LogP contribution in [0.15, 0.2) is 72.8 Å². The summed E-state index contributed by atoms with van der Waals surface area (Å²) in [6.45, 7) is 12.1. The number of aliphatic carboxylic acids is 1. The van der Waals surface area contributed by atoms with E-state index in [-0.39, 0.29) is 36.2 Å². The third-order valence-electron chi connectivity index (χ3n) is 8.69. The average Bonchev–Trinajstić information content (AvgIpc) is 3.02. The first-order valence-electron chi connectivity index (χ1n) is 16.9. The molecule has 3 aromatic rings. The largest absolute Gasteiger partial charge is 0.480 e. The summed E-state index contributed by atoms with van der Waals surface area (Å²) in [4.78, 5) is 39.2. The maximum Gasteiger partial charge on any atom is 0.320 e. The Bertz CT molecular complexity index is 1440. The zero-order chi connectivity index (χ0) is 34.6. The summed E-state index contributed by atoms with van der Waals surface area (Å²) in [7, 11) is 0. The molecule has 9 heteroatoms. The Kier molecular flexibility index (Phi) is 14.4. The summed E-state index contributed by atoms with van der Waals surface area (Å²) >= 11 is 0. The van der Waals surface area contributed by atoms with Crippen molar-refractivity contribution in [2.75, 3.05) is 13.1 Å². The topological polar surface area (TPSA) is 146 Å². The molecule has 2 amide bonds. The molecule has 3 aromatic carbocycles. The molecule has 7 N–H and O–H groups in total. The van der Waals surface area contributed by atoms with E-state index in [1.807, 2.05) is 70.2 Å². The summed E-state index contributed by atoms with van der Waals surface area (Å²) in [6, 6.07) is 22.4. The van der Waals surface area contributed by atoms with Gasteiger partial charge in [-0.1, -0.05) is 107 Å². The minimum atomic E-state index is -1.23. The second kappa shape index (κ2) is 17.9. The fraction of sp³-hybridized carbons (Fsp3) is 0.500. The highest BCUT2D eigenvalue weighted by Gasteiger charge is 2.35. The van der Waals surface area contributed by atoms with Gasteiger partial charge in [-0.25, -0.2) is 0 Å². The third kappa shape index (κ3) is 12.1. The fourth-order valence-corrected chi connectivity index (χ4v) is 5.72. The maximum absolute atomic E-state index is 13.7. The van der Waals surface area contributed by atoms with Crippen LogP contribution in [0.2, 0.25) is 0 Å². The number of carboxylic acids is 1. The summed E-state index contributed by atoms with van der Waals surface area (Å²) in [5.74, 6) is -1.33. The first kappa shape index (κ1) is 37.7. The van der Waals surface area contributed by atoms with Crippen LogP contribution in [0.4, 0.5) is 0 Å². The van der Waals surface area contributed by atoms with Crippen LogP contribution in [0.25, 0.3) is 10.8 Å². The van der Waals surface area contributed by atoms with Crippen molar-refractivity contribution in [2.45, 2.75) is 96.9 Å². The first-order chi connectivity index (χ1) is 22.3. The van der Waals surface area contributed by atoms with E-state index in [4.69, 9.17) is 5.73 Å².